The third kappa shape index (κ3) is 2.97. The van der Waals surface area contributed by atoms with Gasteiger partial charge in [-0.1, -0.05) is 13.8 Å². The predicted octanol–water partition coefficient (Wildman–Crippen LogP) is 2.78. The first-order valence-corrected chi connectivity index (χ1v) is 7.45. The Hall–Kier alpha value is -2.15. The number of thiazole rings is 1. The van der Waals surface area contributed by atoms with Gasteiger partial charge in [-0.25, -0.2) is 9.78 Å². The van der Waals surface area contributed by atoms with Crippen molar-refractivity contribution >= 4 is 23.2 Å². The maximum atomic E-state index is 12.2. The third-order valence-electron chi connectivity index (χ3n) is 3.44. The topological polar surface area (TPSA) is 92.4 Å². The summed E-state index contributed by atoms with van der Waals surface area (Å²) in [6.45, 7) is 3.46. The lowest BCUT2D eigenvalue weighted by atomic mass is 9.93. The molecule has 0 bridgehead atoms. The van der Waals surface area contributed by atoms with Crippen LogP contribution < -0.4 is 5.32 Å². The Morgan fingerprint density at radius 2 is 2.14 bits per heavy atom. The van der Waals surface area contributed by atoms with Crippen LogP contribution in [0.2, 0.25) is 0 Å². The van der Waals surface area contributed by atoms with Crippen molar-refractivity contribution in [3.63, 3.8) is 0 Å². The molecule has 0 aromatic carbocycles. The van der Waals surface area contributed by atoms with Gasteiger partial charge in [0.15, 0.2) is 10.8 Å². The third-order valence-corrected chi connectivity index (χ3v) is 4.29. The first-order chi connectivity index (χ1) is 10.0. The summed E-state index contributed by atoms with van der Waals surface area (Å²) in [4.78, 5) is 27.8. The second-order valence-corrected chi connectivity index (χ2v) is 5.42. The molecule has 2 aromatic rings. The average Bonchev–Trinajstić information content (AvgIpc) is 3.13. The van der Waals surface area contributed by atoms with Crippen molar-refractivity contribution < 1.29 is 19.1 Å². The van der Waals surface area contributed by atoms with E-state index in [9.17, 15) is 14.7 Å². The molecule has 6 nitrogen and oxygen atoms in total. The number of carbonyl (C=O) groups excluding carboxylic acids is 1. The number of amides is 1. The second kappa shape index (κ2) is 6.09. The van der Waals surface area contributed by atoms with E-state index in [2.05, 4.69) is 10.3 Å². The minimum absolute atomic E-state index is 0.193. The van der Waals surface area contributed by atoms with Crippen molar-refractivity contribution in [3.05, 3.63) is 29.5 Å². The fraction of sp³-hybridized carbons (Fsp3) is 0.357. The number of carbonyl (C=O) groups is 2. The molecule has 0 fully saturated rings. The summed E-state index contributed by atoms with van der Waals surface area (Å²) in [6.07, 6.45) is 2.14. The van der Waals surface area contributed by atoms with Crippen LogP contribution in [0.4, 0.5) is 0 Å². The quantitative estimate of drug-likeness (QED) is 0.856. The molecule has 0 aliphatic heterocycles. The Balaban J connectivity index is 2.19. The van der Waals surface area contributed by atoms with Crippen LogP contribution in [0.3, 0.4) is 0 Å². The number of furan rings is 1. The Labute approximate surface area is 125 Å². The molecule has 0 spiro atoms. The van der Waals surface area contributed by atoms with Gasteiger partial charge in [0.05, 0.1) is 6.26 Å². The first-order valence-electron chi connectivity index (χ1n) is 6.57. The maximum absolute atomic E-state index is 12.2. The maximum Gasteiger partial charge on any atom is 0.329 e. The van der Waals surface area contributed by atoms with Gasteiger partial charge in [0.1, 0.15) is 11.2 Å². The van der Waals surface area contributed by atoms with E-state index in [0.29, 0.717) is 23.6 Å². The standard InChI is InChI=1S/C14H16N2O4S/c1-3-14(4-2,13(18)19)16-11(17)9-8-21-12(15-9)10-6-5-7-20-10/h5-8H,3-4H2,1-2H3,(H,16,17)(H,18,19). The van der Waals surface area contributed by atoms with Gasteiger partial charge in [0.25, 0.3) is 5.91 Å². The summed E-state index contributed by atoms with van der Waals surface area (Å²) >= 11 is 1.27. The van der Waals surface area contributed by atoms with E-state index in [1.807, 2.05) is 0 Å². The SMILES string of the molecule is CCC(CC)(NC(=O)c1csc(-c2ccco2)n1)C(=O)O. The molecular weight excluding hydrogens is 292 g/mol. The molecule has 0 aliphatic rings. The number of nitrogens with zero attached hydrogens (tertiary/aromatic N) is 1. The lowest BCUT2D eigenvalue weighted by Gasteiger charge is -2.27. The number of nitrogens with one attached hydrogen (secondary N) is 1. The molecule has 0 saturated carbocycles. The molecule has 2 aromatic heterocycles. The number of rotatable bonds is 6. The molecule has 0 aliphatic carbocycles. The van der Waals surface area contributed by atoms with Crippen LogP contribution in [0.15, 0.2) is 28.2 Å². The molecule has 7 heteroatoms. The molecule has 0 atom stereocenters. The minimum Gasteiger partial charge on any atom is -0.480 e. The average molecular weight is 308 g/mol. The van der Waals surface area contributed by atoms with Crippen molar-refractivity contribution in [1.82, 2.24) is 10.3 Å². The van der Waals surface area contributed by atoms with Crippen LogP contribution in [0.5, 0.6) is 0 Å². The van der Waals surface area contributed by atoms with Crippen LogP contribution in [-0.2, 0) is 4.79 Å². The van der Waals surface area contributed by atoms with E-state index in [0.717, 1.165) is 0 Å². The zero-order valence-electron chi connectivity index (χ0n) is 11.8. The van der Waals surface area contributed by atoms with Crippen molar-refractivity contribution in [2.75, 3.05) is 0 Å². The number of hydrogen-bond donors (Lipinski definition) is 2. The van der Waals surface area contributed by atoms with Crippen LogP contribution in [0.25, 0.3) is 10.8 Å². The molecule has 21 heavy (non-hydrogen) atoms. The Bertz CT molecular complexity index is 629. The number of hydrogen-bond acceptors (Lipinski definition) is 5. The van der Waals surface area contributed by atoms with Gasteiger partial charge in [-0.2, -0.15) is 0 Å². The van der Waals surface area contributed by atoms with Gasteiger partial charge in [-0.15, -0.1) is 11.3 Å². The highest BCUT2D eigenvalue weighted by Crippen LogP contribution is 2.24. The van der Waals surface area contributed by atoms with Crippen molar-refractivity contribution in [2.45, 2.75) is 32.2 Å². The predicted molar refractivity (Wildman–Crippen MR) is 78.2 cm³/mol. The Kier molecular flexibility index (Phi) is 4.42. The number of aromatic nitrogens is 1. The molecule has 2 rings (SSSR count). The van der Waals surface area contributed by atoms with Gasteiger partial charge in [0.2, 0.25) is 0 Å². The molecule has 0 radical (unpaired) electrons. The van der Waals surface area contributed by atoms with E-state index in [1.165, 1.54) is 17.6 Å². The van der Waals surface area contributed by atoms with Crippen LogP contribution in [0, 0.1) is 0 Å². The second-order valence-electron chi connectivity index (χ2n) is 4.56. The normalized spacial score (nSPS) is 11.3. The van der Waals surface area contributed by atoms with Crippen LogP contribution >= 0.6 is 11.3 Å². The summed E-state index contributed by atoms with van der Waals surface area (Å²) < 4.78 is 5.22. The summed E-state index contributed by atoms with van der Waals surface area (Å²) in [7, 11) is 0. The van der Waals surface area contributed by atoms with Gasteiger partial charge in [-0.3, -0.25) is 4.79 Å². The van der Waals surface area contributed by atoms with Gasteiger partial charge in [0, 0.05) is 5.38 Å². The molecular formula is C14H16N2O4S. The van der Waals surface area contributed by atoms with Gasteiger partial charge >= 0.3 is 5.97 Å². The van der Waals surface area contributed by atoms with Crippen molar-refractivity contribution in [1.29, 1.82) is 0 Å². The van der Waals surface area contributed by atoms with Crippen LogP contribution in [-0.4, -0.2) is 27.5 Å². The fourth-order valence-corrected chi connectivity index (χ4v) is 2.72. The van der Waals surface area contributed by atoms with Crippen LogP contribution in [0.1, 0.15) is 37.2 Å². The summed E-state index contributed by atoms with van der Waals surface area (Å²) in [5.74, 6) is -0.952. The minimum atomic E-state index is -1.26. The smallest absolute Gasteiger partial charge is 0.329 e. The molecule has 2 heterocycles. The van der Waals surface area contributed by atoms with Gasteiger partial charge in [-0.05, 0) is 25.0 Å². The lowest BCUT2D eigenvalue weighted by Crippen LogP contribution is -2.53. The first kappa shape index (κ1) is 15.2. The van der Waals surface area contributed by atoms with E-state index in [-0.39, 0.29) is 5.69 Å². The fourth-order valence-electron chi connectivity index (χ4n) is 1.96. The van der Waals surface area contributed by atoms with Gasteiger partial charge < -0.3 is 14.8 Å². The summed E-state index contributed by atoms with van der Waals surface area (Å²) in [5, 5.41) is 14.1. The highest BCUT2D eigenvalue weighted by atomic mass is 32.1. The monoisotopic (exact) mass is 308 g/mol. The van der Waals surface area contributed by atoms with E-state index < -0.39 is 17.4 Å². The van der Waals surface area contributed by atoms with Crippen molar-refractivity contribution in [3.8, 4) is 10.8 Å². The number of aliphatic carboxylic acids is 1. The highest BCUT2D eigenvalue weighted by molar-refractivity contribution is 7.13. The Morgan fingerprint density at radius 3 is 2.67 bits per heavy atom. The zero-order valence-corrected chi connectivity index (χ0v) is 12.6. The molecule has 1 amide bonds. The van der Waals surface area contributed by atoms with E-state index in [1.54, 1.807) is 31.4 Å². The lowest BCUT2D eigenvalue weighted by molar-refractivity contribution is -0.144. The van der Waals surface area contributed by atoms with Crippen molar-refractivity contribution in [2.24, 2.45) is 0 Å². The molecule has 0 saturated heterocycles. The number of carboxylic acid groups (broad SMARTS) is 1. The summed E-state index contributed by atoms with van der Waals surface area (Å²) in [6, 6.07) is 3.49. The highest BCUT2D eigenvalue weighted by Gasteiger charge is 2.37. The molecule has 112 valence electrons. The largest absolute Gasteiger partial charge is 0.480 e. The Morgan fingerprint density at radius 1 is 1.43 bits per heavy atom. The van der Waals surface area contributed by atoms with E-state index in [4.69, 9.17) is 4.42 Å². The molecule has 0 unspecified atom stereocenters. The number of carboxylic acids is 1. The molecule has 2 N–H and O–H groups in total. The summed E-state index contributed by atoms with van der Waals surface area (Å²) in [5.41, 5.74) is -1.06. The van der Waals surface area contributed by atoms with E-state index >= 15 is 0 Å². The zero-order chi connectivity index (χ0) is 15.5.